The number of phosphoric ester groups is 1. The summed E-state index contributed by atoms with van der Waals surface area (Å²) in [6.07, 6.45) is -10.3. The molecule has 0 bridgehead atoms. The quantitative estimate of drug-likeness (QED) is 0.271. The molecule has 16 heteroatoms. The SMILES string of the molecule is O=C(Nc1cc(C(F)(F)F)cc(C(F)(F)F)c1)c1cc(Cl)ccc1OP(=O)([O-])[O-].[K+].[K+]. The molecule has 0 heterocycles. The summed E-state index contributed by atoms with van der Waals surface area (Å²) >= 11 is 5.65. The van der Waals surface area contributed by atoms with Crippen molar-refractivity contribution in [1.29, 1.82) is 0 Å². The third-order valence-electron chi connectivity index (χ3n) is 3.24. The maximum atomic E-state index is 12.9. The van der Waals surface area contributed by atoms with Crippen molar-refractivity contribution in [3.63, 3.8) is 0 Å². The zero-order valence-electron chi connectivity index (χ0n) is 15.6. The normalized spacial score (nSPS) is 11.8. The van der Waals surface area contributed by atoms with Crippen LogP contribution in [-0.4, -0.2) is 5.91 Å². The third kappa shape index (κ3) is 10.0. The number of benzene rings is 2. The molecule has 0 radical (unpaired) electrons. The molecular weight excluding hydrogens is 533 g/mol. The van der Waals surface area contributed by atoms with Gasteiger partial charge in [0.15, 0.2) is 0 Å². The summed E-state index contributed by atoms with van der Waals surface area (Å²) in [5.41, 5.74) is -4.98. The predicted octanol–water partition coefficient (Wildman–Crippen LogP) is -2.15. The number of phosphoric acid groups is 1. The molecule has 6 nitrogen and oxygen atoms in total. The van der Waals surface area contributed by atoms with Crippen LogP contribution in [0.1, 0.15) is 21.5 Å². The fourth-order valence-corrected chi connectivity index (χ4v) is 2.68. The molecule has 1 amide bonds. The number of carbonyl (C=O) groups is 1. The molecule has 0 unspecified atom stereocenters. The smallest absolute Gasteiger partial charge is 0.780 e. The summed E-state index contributed by atoms with van der Waals surface area (Å²) < 4.78 is 92.1. The molecule has 0 fully saturated rings. The third-order valence-corrected chi connectivity index (χ3v) is 3.90. The molecule has 2 rings (SSSR count). The summed E-state index contributed by atoms with van der Waals surface area (Å²) in [5.74, 6) is -2.19. The van der Waals surface area contributed by atoms with Crippen molar-refractivity contribution in [1.82, 2.24) is 0 Å². The topological polar surface area (TPSA) is 102 Å². The first-order valence-electron chi connectivity index (χ1n) is 7.18. The van der Waals surface area contributed by atoms with Gasteiger partial charge < -0.3 is 24.2 Å². The average molecular weight is 540 g/mol. The van der Waals surface area contributed by atoms with Crippen LogP contribution in [0.25, 0.3) is 0 Å². The molecule has 0 aromatic heterocycles. The number of hydrogen-bond acceptors (Lipinski definition) is 5. The first-order chi connectivity index (χ1) is 13.1. The number of alkyl halides is 6. The summed E-state index contributed by atoms with van der Waals surface area (Å²) in [4.78, 5) is 33.8. The monoisotopic (exact) mass is 539 g/mol. The van der Waals surface area contributed by atoms with Gasteiger partial charge in [-0.15, -0.1) is 0 Å². The number of hydrogen-bond donors (Lipinski definition) is 1. The molecule has 0 saturated heterocycles. The second kappa shape index (κ2) is 12.1. The van der Waals surface area contributed by atoms with Gasteiger partial charge in [-0.3, -0.25) is 4.79 Å². The number of halogens is 7. The average Bonchev–Trinajstić information content (AvgIpc) is 2.53. The van der Waals surface area contributed by atoms with E-state index >= 15 is 0 Å². The van der Waals surface area contributed by atoms with E-state index in [0.29, 0.717) is 0 Å². The Morgan fingerprint density at radius 3 is 1.84 bits per heavy atom. The summed E-state index contributed by atoms with van der Waals surface area (Å²) in [6, 6.07) is 2.99. The Morgan fingerprint density at radius 1 is 0.935 bits per heavy atom. The van der Waals surface area contributed by atoms with Gasteiger partial charge in [0.25, 0.3) is 5.91 Å². The molecule has 0 aliphatic carbocycles. The van der Waals surface area contributed by atoms with Crippen LogP contribution in [0, 0.1) is 0 Å². The summed E-state index contributed by atoms with van der Waals surface area (Å²) in [7, 11) is -5.63. The summed E-state index contributed by atoms with van der Waals surface area (Å²) in [6.45, 7) is 0. The van der Waals surface area contributed by atoms with Crippen LogP contribution in [0.2, 0.25) is 5.02 Å². The van der Waals surface area contributed by atoms with E-state index in [1.165, 1.54) is 0 Å². The molecule has 0 aliphatic heterocycles. The summed E-state index contributed by atoms with van der Waals surface area (Å²) in [5, 5.41) is 1.61. The fraction of sp³-hybridized carbons (Fsp3) is 0.133. The van der Waals surface area contributed by atoms with Crippen LogP contribution in [-0.2, 0) is 16.9 Å². The molecule has 2 aromatic carbocycles. The first kappa shape index (κ1) is 32.0. The molecular formula is C15H7ClF6K2NO5P. The van der Waals surface area contributed by atoms with Gasteiger partial charge >= 0.3 is 115 Å². The first-order valence-corrected chi connectivity index (χ1v) is 9.02. The fourth-order valence-electron chi connectivity index (χ4n) is 2.11. The Kier molecular flexibility index (Phi) is 12.5. The van der Waals surface area contributed by atoms with Gasteiger partial charge in [-0.25, -0.2) is 0 Å². The van der Waals surface area contributed by atoms with Gasteiger partial charge in [-0.05, 0) is 36.4 Å². The van der Waals surface area contributed by atoms with Gasteiger partial charge in [0, 0.05) is 10.7 Å². The van der Waals surface area contributed by atoms with Crippen LogP contribution in [0.3, 0.4) is 0 Å². The van der Waals surface area contributed by atoms with Crippen LogP contribution in [0.4, 0.5) is 32.0 Å². The Balaban J connectivity index is 0.00000450. The van der Waals surface area contributed by atoms with E-state index in [0.717, 1.165) is 18.2 Å². The predicted molar refractivity (Wildman–Crippen MR) is 84.1 cm³/mol. The maximum absolute atomic E-state index is 12.9. The zero-order chi connectivity index (χ0) is 22.2. The Labute approximate surface area is 261 Å². The molecule has 31 heavy (non-hydrogen) atoms. The van der Waals surface area contributed by atoms with Crippen molar-refractivity contribution in [2.45, 2.75) is 12.4 Å². The van der Waals surface area contributed by atoms with E-state index in [1.54, 1.807) is 5.32 Å². The van der Waals surface area contributed by atoms with Crippen LogP contribution >= 0.6 is 19.4 Å². The standard InChI is InChI=1S/C15H9ClF6NO5P.2K/c16-9-1-2-12(28-29(25,26)27)11(6-9)13(24)23-10-4-7(14(17,18)19)3-8(5-10)15(20,21)22;;/h1-6H,(H,23,24)(H2,25,26,27);;/q;2*+1/p-2. The molecule has 0 aliphatic rings. The molecule has 0 saturated carbocycles. The van der Waals surface area contributed by atoms with E-state index < -0.39 is 54.2 Å². The zero-order valence-corrected chi connectivity index (χ0v) is 23.5. The maximum Gasteiger partial charge on any atom is 1.00 e. The number of nitrogens with one attached hydrogen (secondary N) is 1. The Hall–Kier alpha value is 1.00. The van der Waals surface area contributed by atoms with E-state index in [4.69, 9.17) is 11.6 Å². The second-order valence-corrected chi connectivity index (χ2v) is 6.94. The molecule has 158 valence electrons. The number of rotatable bonds is 4. The number of amides is 1. The minimum atomic E-state index is -5.63. The van der Waals surface area contributed by atoms with E-state index in [-0.39, 0.29) is 126 Å². The van der Waals surface area contributed by atoms with Crippen molar-refractivity contribution in [2.75, 3.05) is 5.32 Å². The van der Waals surface area contributed by atoms with E-state index in [9.17, 15) is 45.5 Å². The minimum Gasteiger partial charge on any atom is -0.780 e. The van der Waals surface area contributed by atoms with Crippen LogP contribution in [0.5, 0.6) is 5.75 Å². The number of anilines is 1. The largest absolute Gasteiger partial charge is 1.00 e. The molecule has 0 spiro atoms. The van der Waals surface area contributed by atoms with Gasteiger partial charge in [-0.2, -0.15) is 26.3 Å². The van der Waals surface area contributed by atoms with Crippen LogP contribution in [0.15, 0.2) is 36.4 Å². The van der Waals surface area contributed by atoms with Gasteiger partial charge in [0.05, 0.1) is 16.7 Å². The van der Waals surface area contributed by atoms with Crippen molar-refractivity contribution in [3.05, 3.63) is 58.1 Å². The Bertz CT molecular complexity index is 967. The van der Waals surface area contributed by atoms with Crippen LogP contribution < -0.4 is 122 Å². The molecule has 1 N–H and O–H groups in total. The number of carbonyl (C=O) groups excluding carboxylic acids is 1. The van der Waals surface area contributed by atoms with E-state index in [1.807, 2.05) is 0 Å². The molecule has 2 aromatic rings. The van der Waals surface area contributed by atoms with Crippen molar-refractivity contribution in [3.8, 4) is 5.75 Å². The van der Waals surface area contributed by atoms with Crippen molar-refractivity contribution < 1.29 is 153 Å². The van der Waals surface area contributed by atoms with Gasteiger partial charge in [-0.1, -0.05) is 11.6 Å². The molecule has 0 atom stereocenters. The second-order valence-electron chi connectivity index (χ2n) is 5.43. The van der Waals surface area contributed by atoms with Crippen molar-refractivity contribution in [2.24, 2.45) is 0 Å². The van der Waals surface area contributed by atoms with Gasteiger partial charge in [0.1, 0.15) is 13.6 Å². The Morgan fingerprint density at radius 2 is 1.42 bits per heavy atom. The van der Waals surface area contributed by atoms with E-state index in [2.05, 4.69) is 4.52 Å². The van der Waals surface area contributed by atoms with Gasteiger partial charge in [0.2, 0.25) is 0 Å². The van der Waals surface area contributed by atoms with Crippen molar-refractivity contribution >= 4 is 31.0 Å². The minimum absolute atomic E-state index is 0.